The summed E-state index contributed by atoms with van der Waals surface area (Å²) >= 11 is 1.72. The van der Waals surface area contributed by atoms with Gasteiger partial charge in [0.05, 0.1) is 6.04 Å². The second-order valence-corrected chi connectivity index (χ2v) is 8.88. The van der Waals surface area contributed by atoms with Crippen molar-refractivity contribution in [3.8, 4) is 5.75 Å². The number of hydrogen-bond acceptors (Lipinski definition) is 5. The van der Waals surface area contributed by atoms with Gasteiger partial charge in [-0.25, -0.2) is 4.79 Å². The number of nitrogens with zero attached hydrogens (tertiary/aromatic N) is 2. The van der Waals surface area contributed by atoms with Crippen molar-refractivity contribution in [3.05, 3.63) is 51.7 Å². The zero-order valence-corrected chi connectivity index (χ0v) is 20.0. The standard InChI is InChI=1S/C24H33N3O4S/c1-4-25-24(29)26(12-5-14-30-3)16-23(28)27-13-10-22-20(11-15-32-22)21(27)17-31-19-8-6-18(2)7-9-19/h6-9,11,15,21H,4-5,10,12-14,16-17H2,1-3H3,(H,25,29). The molecule has 2 aromatic rings. The third-order valence-corrected chi connectivity index (χ3v) is 6.56. The molecule has 1 aliphatic heterocycles. The topological polar surface area (TPSA) is 71.1 Å². The van der Waals surface area contributed by atoms with E-state index in [1.165, 1.54) is 10.4 Å². The summed E-state index contributed by atoms with van der Waals surface area (Å²) in [4.78, 5) is 30.6. The number of nitrogens with one attached hydrogen (secondary N) is 1. The predicted molar refractivity (Wildman–Crippen MR) is 126 cm³/mol. The van der Waals surface area contributed by atoms with Gasteiger partial charge in [-0.15, -0.1) is 11.3 Å². The summed E-state index contributed by atoms with van der Waals surface area (Å²) in [5, 5.41) is 4.88. The molecule has 3 amide bonds. The van der Waals surface area contributed by atoms with Crippen molar-refractivity contribution < 1.29 is 19.1 Å². The Balaban J connectivity index is 1.72. The van der Waals surface area contributed by atoms with E-state index in [2.05, 4.69) is 16.8 Å². The van der Waals surface area contributed by atoms with Crippen LogP contribution >= 0.6 is 11.3 Å². The second kappa shape index (κ2) is 11.9. The monoisotopic (exact) mass is 459 g/mol. The molecule has 8 heteroatoms. The Kier molecular flexibility index (Phi) is 8.93. The van der Waals surface area contributed by atoms with Gasteiger partial charge in [-0.1, -0.05) is 17.7 Å². The van der Waals surface area contributed by atoms with E-state index < -0.39 is 0 Å². The van der Waals surface area contributed by atoms with Gasteiger partial charge in [0.15, 0.2) is 0 Å². The lowest BCUT2D eigenvalue weighted by Crippen LogP contribution is -2.50. The lowest BCUT2D eigenvalue weighted by molar-refractivity contribution is -0.135. The van der Waals surface area contributed by atoms with Crippen LogP contribution in [0.1, 0.15) is 35.4 Å². The number of carbonyl (C=O) groups is 2. The van der Waals surface area contributed by atoms with Crippen molar-refractivity contribution in [1.82, 2.24) is 15.1 Å². The SMILES string of the molecule is CCNC(=O)N(CCCOC)CC(=O)N1CCc2sccc2C1COc1ccc(C)cc1. The molecule has 0 aliphatic carbocycles. The summed E-state index contributed by atoms with van der Waals surface area (Å²) in [5.41, 5.74) is 2.32. The summed E-state index contributed by atoms with van der Waals surface area (Å²) < 4.78 is 11.2. The van der Waals surface area contributed by atoms with Crippen molar-refractivity contribution >= 4 is 23.3 Å². The fourth-order valence-electron chi connectivity index (χ4n) is 3.85. The maximum atomic E-state index is 13.4. The summed E-state index contributed by atoms with van der Waals surface area (Å²) in [5.74, 6) is 0.719. The summed E-state index contributed by atoms with van der Waals surface area (Å²) in [6.45, 7) is 6.47. The maximum Gasteiger partial charge on any atom is 0.317 e. The molecule has 2 heterocycles. The van der Waals surface area contributed by atoms with Crippen molar-refractivity contribution in [2.75, 3.05) is 46.5 Å². The van der Waals surface area contributed by atoms with Crippen LogP contribution in [0.2, 0.25) is 0 Å². The average Bonchev–Trinajstić information content (AvgIpc) is 3.27. The lowest BCUT2D eigenvalue weighted by Gasteiger charge is -2.37. The molecule has 1 unspecified atom stereocenters. The first-order valence-electron chi connectivity index (χ1n) is 11.1. The smallest absolute Gasteiger partial charge is 0.317 e. The highest BCUT2D eigenvalue weighted by Gasteiger charge is 2.33. The van der Waals surface area contributed by atoms with Crippen LogP contribution in [0.3, 0.4) is 0 Å². The molecule has 3 rings (SSSR count). The minimum Gasteiger partial charge on any atom is -0.491 e. The minimum absolute atomic E-state index is 0.0377. The molecule has 0 spiro atoms. The first-order chi connectivity index (χ1) is 15.5. The van der Waals surface area contributed by atoms with Gasteiger partial charge in [0.1, 0.15) is 18.9 Å². The van der Waals surface area contributed by atoms with Crippen LogP contribution in [-0.4, -0.2) is 68.2 Å². The summed E-state index contributed by atoms with van der Waals surface area (Å²) in [7, 11) is 1.63. The van der Waals surface area contributed by atoms with E-state index in [9.17, 15) is 9.59 Å². The summed E-state index contributed by atoms with van der Waals surface area (Å²) in [6.07, 6.45) is 1.50. The number of amides is 3. The number of fused-ring (bicyclic) bond motifs is 1. The quantitative estimate of drug-likeness (QED) is 0.551. The highest BCUT2D eigenvalue weighted by Crippen LogP contribution is 2.34. The van der Waals surface area contributed by atoms with Crippen LogP contribution in [-0.2, 0) is 16.0 Å². The van der Waals surface area contributed by atoms with Gasteiger partial charge in [0, 0.05) is 38.2 Å². The first-order valence-corrected chi connectivity index (χ1v) is 12.0. The molecule has 1 atom stereocenters. The van der Waals surface area contributed by atoms with Crippen LogP contribution in [0.4, 0.5) is 4.79 Å². The predicted octanol–water partition coefficient (Wildman–Crippen LogP) is 3.63. The van der Waals surface area contributed by atoms with Crippen molar-refractivity contribution in [2.45, 2.75) is 32.7 Å². The van der Waals surface area contributed by atoms with Gasteiger partial charge in [-0.2, -0.15) is 0 Å². The highest BCUT2D eigenvalue weighted by atomic mass is 32.1. The Morgan fingerprint density at radius 3 is 2.75 bits per heavy atom. The number of urea groups is 1. The fraction of sp³-hybridized carbons (Fsp3) is 0.500. The van der Waals surface area contributed by atoms with Gasteiger partial charge in [0.25, 0.3) is 0 Å². The fourth-order valence-corrected chi connectivity index (χ4v) is 4.78. The molecule has 7 nitrogen and oxygen atoms in total. The normalized spacial score (nSPS) is 15.2. The number of rotatable bonds is 10. The largest absolute Gasteiger partial charge is 0.491 e. The van der Waals surface area contributed by atoms with Crippen LogP contribution < -0.4 is 10.1 Å². The molecule has 1 aromatic carbocycles. The number of aryl methyl sites for hydroxylation is 1. The van der Waals surface area contributed by atoms with E-state index in [0.717, 1.165) is 17.7 Å². The molecule has 0 saturated carbocycles. The van der Waals surface area contributed by atoms with E-state index in [4.69, 9.17) is 9.47 Å². The number of ether oxygens (including phenoxy) is 2. The first kappa shape index (κ1) is 24.1. The summed E-state index contributed by atoms with van der Waals surface area (Å²) in [6, 6.07) is 9.62. The minimum atomic E-state index is -0.224. The average molecular weight is 460 g/mol. The Hall–Kier alpha value is -2.58. The van der Waals surface area contributed by atoms with E-state index >= 15 is 0 Å². The number of thiophene rings is 1. The zero-order chi connectivity index (χ0) is 22.9. The Labute approximate surface area is 194 Å². The van der Waals surface area contributed by atoms with Crippen LogP contribution in [0, 0.1) is 6.92 Å². The zero-order valence-electron chi connectivity index (χ0n) is 19.1. The third-order valence-electron chi connectivity index (χ3n) is 5.56. The number of carbonyl (C=O) groups excluding carboxylic acids is 2. The third kappa shape index (κ3) is 6.23. The van der Waals surface area contributed by atoms with E-state index in [-0.39, 0.29) is 24.5 Å². The van der Waals surface area contributed by atoms with E-state index in [1.54, 1.807) is 23.3 Å². The molecule has 1 aliphatic rings. The van der Waals surface area contributed by atoms with Crippen molar-refractivity contribution in [1.29, 1.82) is 0 Å². The van der Waals surface area contributed by atoms with Gasteiger partial charge in [-0.05, 0) is 55.8 Å². The highest BCUT2D eigenvalue weighted by molar-refractivity contribution is 7.10. The van der Waals surface area contributed by atoms with E-state index in [1.807, 2.05) is 43.0 Å². The maximum absolute atomic E-state index is 13.4. The van der Waals surface area contributed by atoms with E-state index in [0.29, 0.717) is 39.3 Å². The number of methoxy groups -OCH3 is 1. The Bertz CT molecular complexity index is 884. The molecule has 174 valence electrons. The molecule has 1 N–H and O–H groups in total. The molecule has 0 fully saturated rings. The van der Waals surface area contributed by atoms with Crippen LogP contribution in [0.5, 0.6) is 5.75 Å². The second-order valence-electron chi connectivity index (χ2n) is 7.88. The Morgan fingerprint density at radius 2 is 2.03 bits per heavy atom. The van der Waals surface area contributed by atoms with Gasteiger partial charge in [-0.3, -0.25) is 4.79 Å². The molecule has 1 aromatic heterocycles. The van der Waals surface area contributed by atoms with Crippen molar-refractivity contribution in [3.63, 3.8) is 0 Å². The van der Waals surface area contributed by atoms with Crippen molar-refractivity contribution in [2.24, 2.45) is 0 Å². The van der Waals surface area contributed by atoms with Gasteiger partial charge >= 0.3 is 6.03 Å². The molecular formula is C24H33N3O4S. The number of benzene rings is 1. The van der Waals surface area contributed by atoms with Crippen LogP contribution in [0.25, 0.3) is 0 Å². The van der Waals surface area contributed by atoms with Crippen LogP contribution in [0.15, 0.2) is 35.7 Å². The molecule has 0 bridgehead atoms. The molecular weight excluding hydrogens is 426 g/mol. The van der Waals surface area contributed by atoms with Gasteiger partial charge < -0.3 is 24.6 Å². The molecule has 32 heavy (non-hydrogen) atoms. The molecule has 0 saturated heterocycles. The van der Waals surface area contributed by atoms with Gasteiger partial charge in [0.2, 0.25) is 5.91 Å². The lowest BCUT2D eigenvalue weighted by atomic mass is 10.0. The molecule has 0 radical (unpaired) electrons. The Morgan fingerprint density at radius 1 is 1.25 bits per heavy atom. The number of hydrogen-bond donors (Lipinski definition) is 1.